The van der Waals surface area contributed by atoms with E-state index < -0.39 is 17.7 Å². The number of benzene rings is 3. The maximum Gasteiger partial charge on any atom is 0.301 e. The number of thiazole rings is 1. The van der Waals surface area contributed by atoms with Gasteiger partial charge in [0.2, 0.25) is 0 Å². The van der Waals surface area contributed by atoms with Gasteiger partial charge in [-0.1, -0.05) is 40.6 Å². The molecule has 1 atom stereocenters. The van der Waals surface area contributed by atoms with Crippen molar-refractivity contribution in [1.29, 1.82) is 0 Å². The third-order valence-electron chi connectivity index (χ3n) is 5.71. The van der Waals surface area contributed by atoms with Crippen molar-refractivity contribution in [1.82, 2.24) is 4.98 Å². The van der Waals surface area contributed by atoms with Crippen LogP contribution < -0.4 is 9.64 Å². The molecule has 0 saturated carbocycles. The number of aromatic hydroxyl groups is 1. The molecule has 7 nitrogen and oxygen atoms in total. The lowest BCUT2D eigenvalue weighted by Crippen LogP contribution is -2.29. The molecule has 1 fully saturated rings. The number of Topliss-reactive ketones (excluding diaryl/α,β-unsaturated/α-hetero) is 1. The normalized spacial score (nSPS) is 17.2. The number of nitrogens with zero attached hydrogens (tertiary/aromatic N) is 2. The minimum Gasteiger partial charge on any atom is -0.507 e. The van der Waals surface area contributed by atoms with Gasteiger partial charge in [0.25, 0.3) is 5.78 Å². The van der Waals surface area contributed by atoms with Crippen LogP contribution in [0.4, 0.5) is 5.13 Å². The number of ketones is 1. The van der Waals surface area contributed by atoms with Crippen molar-refractivity contribution in [3.63, 3.8) is 0 Å². The van der Waals surface area contributed by atoms with Crippen LogP contribution in [0.15, 0.2) is 66.2 Å². The number of aliphatic hydroxyl groups excluding tert-OH is 1. The summed E-state index contributed by atoms with van der Waals surface area (Å²) in [6, 6.07) is 14.9. The molecule has 4 aromatic rings. The first-order valence-corrected chi connectivity index (χ1v) is 12.4. The maximum atomic E-state index is 13.4. The maximum absolute atomic E-state index is 13.4. The average Bonchev–Trinajstić information content (AvgIpc) is 3.38. The van der Waals surface area contributed by atoms with Gasteiger partial charge in [0, 0.05) is 15.6 Å². The number of rotatable bonds is 5. The highest BCUT2D eigenvalue weighted by molar-refractivity contribution is 7.22. The molecule has 1 aliphatic heterocycles. The molecule has 0 bridgehead atoms. The first kappa shape index (κ1) is 24.1. The second kappa shape index (κ2) is 9.46. The molecule has 0 spiro atoms. The van der Waals surface area contributed by atoms with E-state index in [0.29, 0.717) is 33.3 Å². The fourth-order valence-electron chi connectivity index (χ4n) is 4.07. The Morgan fingerprint density at radius 3 is 2.50 bits per heavy atom. The largest absolute Gasteiger partial charge is 0.507 e. The number of amides is 1. The summed E-state index contributed by atoms with van der Waals surface area (Å²) in [5.41, 5.74) is 1.26. The number of aromatic nitrogens is 1. The predicted molar refractivity (Wildman–Crippen MR) is 140 cm³/mol. The topological polar surface area (TPSA) is 100.0 Å². The molecule has 2 heterocycles. The van der Waals surface area contributed by atoms with Crippen molar-refractivity contribution in [2.24, 2.45) is 0 Å². The van der Waals surface area contributed by atoms with Crippen LogP contribution in [-0.4, -0.2) is 33.5 Å². The lowest BCUT2D eigenvalue weighted by molar-refractivity contribution is -0.132. The summed E-state index contributed by atoms with van der Waals surface area (Å²) in [6.07, 6.45) is 0. The zero-order valence-corrected chi connectivity index (χ0v) is 21.1. The molecule has 182 valence electrons. The second-order valence-electron chi connectivity index (χ2n) is 7.94. The number of aliphatic hydroxyl groups is 1. The standard InChI is InChI=1S/C26H18Cl2N2O5S/c1-2-35-19-11-14(5-10-18(19)31)22-21(23(32)13-3-6-15(27)7-4-13)24(33)25(34)30(22)26-29-17-9-8-16(28)12-20(17)36-26/h3-12,22,31-32H,2H2,1H3. The van der Waals surface area contributed by atoms with Gasteiger partial charge in [-0.25, -0.2) is 4.98 Å². The highest BCUT2D eigenvalue weighted by atomic mass is 35.5. The Morgan fingerprint density at radius 1 is 1.06 bits per heavy atom. The Bertz CT molecular complexity index is 1550. The number of carbonyl (C=O) groups is 2. The SMILES string of the molecule is CCOc1cc(C2C(=C(O)c3ccc(Cl)cc3)C(=O)C(=O)N2c2nc3ccc(Cl)cc3s2)ccc1O. The minimum atomic E-state index is -1.03. The Hall–Kier alpha value is -3.59. The zero-order chi connectivity index (χ0) is 25.6. The number of ether oxygens (including phenoxy) is 1. The van der Waals surface area contributed by atoms with Gasteiger partial charge in [0.1, 0.15) is 5.76 Å². The summed E-state index contributed by atoms with van der Waals surface area (Å²) in [7, 11) is 0. The molecule has 3 aromatic carbocycles. The summed E-state index contributed by atoms with van der Waals surface area (Å²) in [4.78, 5) is 32.5. The number of halogens is 2. The summed E-state index contributed by atoms with van der Waals surface area (Å²) in [5, 5.41) is 22.7. The molecule has 1 aromatic heterocycles. The zero-order valence-electron chi connectivity index (χ0n) is 18.7. The van der Waals surface area contributed by atoms with Crippen LogP contribution in [0.1, 0.15) is 24.1 Å². The third kappa shape index (κ3) is 4.17. The number of carbonyl (C=O) groups excluding carboxylic acids is 2. The molecular weight excluding hydrogens is 523 g/mol. The Balaban J connectivity index is 1.74. The molecule has 0 aliphatic carbocycles. The first-order valence-electron chi connectivity index (χ1n) is 10.9. The molecule has 36 heavy (non-hydrogen) atoms. The lowest BCUT2D eigenvalue weighted by Gasteiger charge is -2.23. The van der Waals surface area contributed by atoms with Gasteiger partial charge in [0.15, 0.2) is 16.6 Å². The van der Waals surface area contributed by atoms with Gasteiger partial charge in [-0.05, 0) is 67.1 Å². The molecule has 1 amide bonds. The molecule has 0 radical (unpaired) electrons. The molecule has 10 heteroatoms. The van der Waals surface area contributed by atoms with Crippen molar-refractivity contribution in [2.75, 3.05) is 11.5 Å². The van der Waals surface area contributed by atoms with E-state index in [1.54, 1.807) is 61.5 Å². The van der Waals surface area contributed by atoms with Crippen LogP contribution in [0.25, 0.3) is 16.0 Å². The van der Waals surface area contributed by atoms with E-state index in [0.717, 1.165) is 4.70 Å². The van der Waals surface area contributed by atoms with E-state index in [-0.39, 0.29) is 28.0 Å². The van der Waals surface area contributed by atoms with Crippen molar-refractivity contribution in [2.45, 2.75) is 13.0 Å². The van der Waals surface area contributed by atoms with Gasteiger partial charge >= 0.3 is 5.91 Å². The van der Waals surface area contributed by atoms with Crippen LogP contribution in [0.2, 0.25) is 10.0 Å². The first-order chi connectivity index (χ1) is 17.3. The predicted octanol–water partition coefficient (Wildman–Crippen LogP) is 6.33. The van der Waals surface area contributed by atoms with Gasteiger partial charge in [0.05, 0.1) is 28.4 Å². The molecular formula is C26H18Cl2N2O5S. The van der Waals surface area contributed by atoms with E-state index >= 15 is 0 Å². The molecule has 2 N–H and O–H groups in total. The van der Waals surface area contributed by atoms with E-state index in [2.05, 4.69) is 4.98 Å². The Labute approximate surface area is 219 Å². The highest BCUT2D eigenvalue weighted by Gasteiger charge is 2.48. The summed E-state index contributed by atoms with van der Waals surface area (Å²) < 4.78 is 6.26. The van der Waals surface area contributed by atoms with Crippen LogP contribution in [0.3, 0.4) is 0 Å². The van der Waals surface area contributed by atoms with Crippen LogP contribution in [0, 0.1) is 0 Å². The molecule has 1 aliphatic rings. The number of hydrogen-bond donors (Lipinski definition) is 2. The smallest absolute Gasteiger partial charge is 0.301 e. The quantitative estimate of drug-likeness (QED) is 0.174. The molecule has 5 rings (SSSR count). The number of anilines is 1. The van der Waals surface area contributed by atoms with E-state index in [1.807, 2.05) is 0 Å². The third-order valence-corrected chi connectivity index (χ3v) is 7.21. The van der Waals surface area contributed by atoms with Crippen LogP contribution in [-0.2, 0) is 9.59 Å². The lowest BCUT2D eigenvalue weighted by atomic mass is 9.95. The molecule has 1 saturated heterocycles. The van der Waals surface area contributed by atoms with Gasteiger partial charge < -0.3 is 14.9 Å². The molecule has 1 unspecified atom stereocenters. The minimum absolute atomic E-state index is 0.0927. The van der Waals surface area contributed by atoms with Crippen molar-refractivity contribution in [3.8, 4) is 11.5 Å². The van der Waals surface area contributed by atoms with E-state index in [9.17, 15) is 19.8 Å². The average molecular weight is 541 g/mol. The Kier molecular flexibility index (Phi) is 6.34. The van der Waals surface area contributed by atoms with Gasteiger partial charge in [-0.15, -0.1) is 0 Å². The van der Waals surface area contributed by atoms with Gasteiger partial charge in [-0.2, -0.15) is 0 Å². The monoisotopic (exact) mass is 540 g/mol. The van der Waals surface area contributed by atoms with Crippen molar-refractivity contribution in [3.05, 3.63) is 87.4 Å². The van der Waals surface area contributed by atoms with Crippen molar-refractivity contribution >= 4 is 67.3 Å². The number of phenols is 1. The number of hydrogen-bond acceptors (Lipinski definition) is 7. The Morgan fingerprint density at radius 2 is 1.78 bits per heavy atom. The fourth-order valence-corrected chi connectivity index (χ4v) is 5.46. The number of fused-ring (bicyclic) bond motifs is 1. The van der Waals surface area contributed by atoms with Crippen LogP contribution >= 0.6 is 34.5 Å². The highest BCUT2D eigenvalue weighted by Crippen LogP contribution is 2.46. The second-order valence-corrected chi connectivity index (χ2v) is 9.83. The van der Waals surface area contributed by atoms with E-state index in [4.69, 9.17) is 27.9 Å². The summed E-state index contributed by atoms with van der Waals surface area (Å²) in [5.74, 6) is -1.97. The van der Waals surface area contributed by atoms with Crippen LogP contribution in [0.5, 0.6) is 11.5 Å². The summed E-state index contributed by atoms with van der Waals surface area (Å²) in [6.45, 7) is 2.06. The van der Waals surface area contributed by atoms with E-state index in [1.165, 1.54) is 22.3 Å². The number of phenolic OH excluding ortho intramolecular Hbond substituents is 1. The van der Waals surface area contributed by atoms with Crippen molar-refractivity contribution < 1.29 is 24.5 Å². The summed E-state index contributed by atoms with van der Waals surface area (Å²) >= 11 is 13.3. The fraction of sp³-hybridized carbons (Fsp3) is 0.115. The van der Waals surface area contributed by atoms with Gasteiger partial charge in [-0.3, -0.25) is 14.5 Å².